The van der Waals surface area contributed by atoms with Gasteiger partial charge in [0.15, 0.2) is 0 Å². The summed E-state index contributed by atoms with van der Waals surface area (Å²) in [7, 11) is 0. The Morgan fingerprint density at radius 3 is 2.81 bits per heavy atom. The number of rotatable bonds is 7. The third kappa shape index (κ3) is 4.33. The van der Waals surface area contributed by atoms with Crippen LogP contribution in [-0.2, 0) is 24.3 Å². The van der Waals surface area contributed by atoms with E-state index in [9.17, 15) is 14.4 Å². The van der Waals surface area contributed by atoms with Gasteiger partial charge in [-0.05, 0) is 37.6 Å². The largest absolute Gasteiger partial charge is 0.494 e. The molecule has 0 saturated carbocycles. The maximum absolute atomic E-state index is 12.9. The molecule has 0 aromatic heterocycles. The molecule has 2 aromatic carbocycles. The van der Waals surface area contributed by atoms with Gasteiger partial charge in [-0.3, -0.25) is 14.5 Å². The van der Waals surface area contributed by atoms with E-state index < -0.39 is 6.03 Å². The fourth-order valence-electron chi connectivity index (χ4n) is 3.85. The number of urea groups is 1. The maximum Gasteiger partial charge on any atom is 0.324 e. The number of ether oxygens (including phenoxy) is 2. The van der Waals surface area contributed by atoms with Crippen molar-refractivity contribution in [3.05, 3.63) is 58.7 Å². The zero-order chi connectivity index (χ0) is 22.0. The molecule has 0 unspecified atom stereocenters. The van der Waals surface area contributed by atoms with Crippen molar-refractivity contribution in [1.82, 2.24) is 15.5 Å². The quantitative estimate of drug-likeness (QED) is 0.667. The summed E-state index contributed by atoms with van der Waals surface area (Å²) in [5.74, 6) is 0.944. The number of hydrogen-bond donors (Lipinski definition) is 2. The Balaban J connectivity index is 1.50. The highest BCUT2D eigenvalue weighted by molar-refractivity contribution is 6.02. The first kappa shape index (κ1) is 20.7. The standard InChI is InChI=1S/C23H25N3O5/c1-3-30-19-9-16-8-14(2)31-20(16)10-17(19)11-24-22(28)18-7-5-4-6-15(18)13-26-21(27)12-25-23(26)29/h4-7,9-10,14H,3,8,11-13H2,1-2H3,(H,24,28)(H,25,29)/t14-/m1/s1. The van der Waals surface area contributed by atoms with Gasteiger partial charge in [-0.15, -0.1) is 0 Å². The van der Waals surface area contributed by atoms with Crippen LogP contribution in [0.15, 0.2) is 36.4 Å². The second-order valence-electron chi connectivity index (χ2n) is 7.61. The lowest BCUT2D eigenvalue weighted by Crippen LogP contribution is -2.32. The average molecular weight is 423 g/mol. The Labute approximate surface area is 180 Å². The van der Waals surface area contributed by atoms with Crippen LogP contribution in [0.2, 0.25) is 0 Å². The van der Waals surface area contributed by atoms with Gasteiger partial charge in [-0.1, -0.05) is 18.2 Å². The third-order valence-corrected chi connectivity index (χ3v) is 5.35. The van der Waals surface area contributed by atoms with Gasteiger partial charge in [0.25, 0.3) is 5.91 Å². The summed E-state index contributed by atoms with van der Waals surface area (Å²) in [6.07, 6.45) is 0.949. The van der Waals surface area contributed by atoms with Gasteiger partial charge in [0.1, 0.15) is 17.6 Å². The minimum atomic E-state index is -0.450. The van der Waals surface area contributed by atoms with Crippen molar-refractivity contribution in [3.63, 3.8) is 0 Å². The summed E-state index contributed by atoms with van der Waals surface area (Å²) < 4.78 is 11.6. The molecule has 4 rings (SSSR count). The second kappa shape index (κ2) is 8.67. The minimum absolute atomic E-state index is 0.0214. The molecule has 2 heterocycles. The van der Waals surface area contributed by atoms with Crippen LogP contribution in [0.1, 0.15) is 40.9 Å². The van der Waals surface area contributed by atoms with E-state index in [4.69, 9.17) is 9.47 Å². The molecule has 1 saturated heterocycles. The van der Waals surface area contributed by atoms with E-state index in [1.54, 1.807) is 24.3 Å². The van der Waals surface area contributed by atoms with Crippen molar-refractivity contribution in [2.75, 3.05) is 13.2 Å². The molecule has 2 aliphatic rings. The first-order valence-corrected chi connectivity index (χ1v) is 10.4. The number of benzene rings is 2. The average Bonchev–Trinajstić information content (AvgIpc) is 3.27. The first-order chi connectivity index (χ1) is 15.0. The van der Waals surface area contributed by atoms with Crippen molar-refractivity contribution in [1.29, 1.82) is 0 Å². The summed E-state index contributed by atoms with van der Waals surface area (Å²) >= 11 is 0. The zero-order valence-electron chi connectivity index (χ0n) is 17.6. The Kier molecular flexibility index (Phi) is 5.79. The molecule has 0 radical (unpaired) electrons. The molecule has 0 spiro atoms. The fraction of sp³-hybridized carbons (Fsp3) is 0.348. The highest BCUT2D eigenvalue weighted by Crippen LogP contribution is 2.35. The van der Waals surface area contributed by atoms with Gasteiger partial charge < -0.3 is 20.1 Å². The molecule has 2 aliphatic heterocycles. The molecular weight excluding hydrogens is 398 g/mol. The van der Waals surface area contributed by atoms with Crippen molar-refractivity contribution in [3.8, 4) is 11.5 Å². The number of hydrogen-bond acceptors (Lipinski definition) is 5. The number of amides is 4. The van der Waals surface area contributed by atoms with E-state index in [1.165, 1.54) is 0 Å². The number of imide groups is 1. The van der Waals surface area contributed by atoms with Crippen molar-refractivity contribution in [2.45, 2.75) is 39.5 Å². The van der Waals surface area contributed by atoms with E-state index in [-0.39, 0.29) is 37.6 Å². The lowest BCUT2D eigenvalue weighted by atomic mass is 10.0. The van der Waals surface area contributed by atoms with Gasteiger partial charge in [0, 0.05) is 29.7 Å². The van der Waals surface area contributed by atoms with Crippen LogP contribution in [-0.4, -0.2) is 42.0 Å². The molecular formula is C23H25N3O5. The van der Waals surface area contributed by atoms with Crippen molar-refractivity contribution >= 4 is 17.8 Å². The monoisotopic (exact) mass is 423 g/mol. The molecule has 4 amide bonds. The van der Waals surface area contributed by atoms with Crippen molar-refractivity contribution in [2.24, 2.45) is 0 Å². The molecule has 8 heteroatoms. The lowest BCUT2D eigenvalue weighted by Gasteiger charge is -2.16. The van der Waals surface area contributed by atoms with E-state index in [0.717, 1.165) is 33.9 Å². The summed E-state index contributed by atoms with van der Waals surface area (Å²) in [6.45, 7) is 4.74. The number of carbonyl (C=O) groups is 3. The van der Waals surface area contributed by atoms with Crippen LogP contribution in [0.3, 0.4) is 0 Å². The lowest BCUT2D eigenvalue weighted by molar-refractivity contribution is -0.125. The van der Waals surface area contributed by atoms with E-state index in [0.29, 0.717) is 17.7 Å². The minimum Gasteiger partial charge on any atom is -0.494 e. The van der Waals surface area contributed by atoms with Crippen LogP contribution < -0.4 is 20.1 Å². The predicted molar refractivity (Wildman–Crippen MR) is 113 cm³/mol. The van der Waals surface area contributed by atoms with Gasteiger partial charge >= 0.3 is 6.03 Å². The van der Waals surface area contributed by atoms with Crippen LogP contribution in [0, 0.1) is 0 Å². The van der Waals surface area contributed by atoms with E-state index in [2.05, 4.69) is 10.6 Å². The highest BCUT2D eigenvalue weighted by atomic mass is 16.5. The SMILES string of the molecule is CCOc1cc2c(cc1CNC(=O)c1ccccc1CN1C(=O)CNC1=O)O[C@H](C)C2. The molecule has 8 nitrogen and oxygen atoms in total. The Bertz CT molecular complexity index is 1020. The number of carbonyl (C=O) groups excluding carboxylic acids is 3. The molecule has 1 atom stereocenters. The Morgan fingerprint density at radius 1 is 1.26 bits per heavy atom. The van der Waals surface area contributed by atoms with Gasteiger partial charge in [0.2, 0.25) is 5.91 Å². The zero-order valence-corrected chi connectivity index (χ0v) is 17.6. The Hall–Kier alpha value is -3.55. The maximum atomic E-state index is 12.9. The number of fused-ring (bicyclic) bond motifs is 1. The molecule has 31 heavy (non-hydrogen) atoms. The topological polar surface area (TPSA) is 97.0 Å². The highest BCUT2D eigenvalue weighted by Gasteiger charge is 2.29. The smallest absolute Gasteiger partial charge is 0.324 e. The van der Waals surface area contributed by atoms with Crippen LogP contribution >= 0.6 is 0 Å². The normalized spacial score (nSPS) is 17.2. The number of nitrogens with zero attached hydrogens (tertiary/aromatic N) is 1. The van der Waals surface area contributed by atoms with E-state index in [1.807, 2.05) is 26.0 Å². The van der Waals surface area contributed by atoms with Gasteiger partial charge in [-0.25, -0.2) is 4.79 Å². The molecule has 0 aliphatic carbocycles. The summed E-state index contributed by atoms with van der Waals surface area (Å²) in [5.41, 5.74) is 2.94. The molecule has 1 fully saturated rings. The van der Waals surface area contributed by atoms with Gasteiger partial charge in [-0.2, -0.15) is 0 Å². The second-order valence-corrected chi connectivity index (χ2v) is 7.61. The predicted octanol–water partition coefficient (Wildman–Crippen LogP) is 2.39. The summed E-state index contributed by atoms with van der Waals surface area (Å²) in [4.78, 5) is 37.8. The van der Waals surface area contributed by atoms with Gasteiger partial charge in [0.05, 0.1) is 19.7 Å². The van der Waals surface area contributed by atoms with Crippen molar-refractivity contribution < 1.29 is 23.9 Å². The molecule has 0 bridgehead atoms. The van der Waals surface area contributed by atoms with Crippen LogP contribution in [0.4, 0.5) is 4.79 Å². The molecule has 162 valence electrons. The summed E-state index contributed by atoms with van der Waals surface area (Å²) in [5, 5.41) is 5.41. The van der Waals surface area contributed by atoms with E-state index >= 15 is 0 Å². The van der Waals surface area contributed by atoms with Crippen LogP contribution in [0.5, 0.6) is 11.5 Å². The molecule has 2 aromatic rings. The third-order valence-electron chi connectivity index (χ3n) is 5.35. The summed E-state index contributed by atoms with van der Waals surface area (Å²) in [6, 6.07) is 10.4. The van der Waals surface area contributed by atoms with Crippen LogP contribution in [0.25, 0.3) is 0 Å². The first-order valence-electron chi connectivity index (χ1n) is 10.4. The number of nitrogens with one attached hydrogen (secondary N) is 2. The Morgan fingerprint density at radius 2 is 2.06 bits per heavy atom. The molecule has 2 N–H and O–H groups in total. The fourth-order valence-corrected chi connectivity index (χ4v) is 3.85.